The molecule has 1 spiro atoms. The van der Waals surface area contributed by atoms with Crippen molar-refractivity contribution in [1.29, 1.82) is 0 Å². The van der Waals surface area contributed by atoms with Gasteiger partial charge in [0.2, 0.25) is 0 Å². The molecule has 2 heterocycles. The van der Waals surface area contributed by atoms with Crippen molar-refractivity contribution in [2.45, 2.75) is 15.2 Å². The van der Waals surface area contributed by atoms with Gasteiger partial charge in [-0.05, 0) is 139 Å². The van der Waals surface area contributed by atoms with Crippen molar-refractivity contribution in [1.82, 2.24) is 4.57 Å². The average Bonchev–Trinajstić information content (AvgIpc) is 3.91. The van der Waals surface area contributed by atoms with Crippen LogP contribution < -0.4 is 4.90 Å². The molecule has 318 valence electrons. The second kappa shape index (κ2) is 15.4. The van der Waals surface area contributed by atoms with Gasteiger partial charge < -0.3 is 9.47 Å². The van der Waals surface area contributed by atoms with Crippen molar-refractivity contribution in [3.05, 3.63) is 277 Å². The summed E-state index contributed by atoms with van der Waals surface area (Å²) >= 11 is 1.89. The van der Waals surface area contributed by atoms with Crippen LogP contribution >= 0.6 is 11.8 Å². The van der Waals surface area contributed by atoms with Crippen molar-refractivity contribution < 1.29 is 0 Å². The first-order valence-electron chi connectivity index (χ1n) is 23.4. The van der Waals surface area contributed by atoms with Gasteiger partial charge in [0.15, 0.2) is 0 Å². The van der Waals surface area contributed by atoms with E-state index < -0.39 is 5.41 Å². The number of rotatable bonds is 6. The highest BCUT2D eigenvalue weighted by Gasteiger charge is 2.51. The minimum Gasteiger partial charge on any atom is -0.310 e. The summed E-state index contributed by atoms with van der Waals surface area (Å²) in [5.74, 6) is 0. The number of hydrogen-bond donors (Lipinski definition) is 0. The molecule has 0 saturated carbocycles. The molecular weight excluding hydrogens is 841 g/mol. The van der Waals surface area contributed by atoms with Crippen LogP contribution in [0, 0.1) is 0 Å². The summed E-state index contributed by atoms with van der Waals surface area (Å²) in [7, 11) is 0. The summed E-state index contributed by atoms with van der Waals surface area (Å²) in [5, 5.41) is 5.00. The Morgan fingerprint density at radius 2 is 0.912 bits per heavy atom. The lowest BCUT2D eigenvalue weighted by atomic mass is 9.66. The molecule has 0 fully saturated rings. The van der Waals surface area contributed by atoms with E-state index >= 15 is 0 Å². The molecule has 2 aliphatic rings. The Morgan fingerprint density at radius 1 is 0.368 bits per heavy atom. The van der Waals surface area contributed by atoms with Crippen molar-refractivity contribution in [2.24, 2.45) is 0 Å². The van der Waals surface area contributed by atoms with Crippen LogP contribution in [0.25, 0.3) is 71.6 Å². The fourth-order valence-electron chi connectivity index (χ4n) is 11.6. The summed E-state index contributed by atoms with van der Waals surface area (Å²) < 4.78 is 2.40. The minimum atomic E-state index is -0.486. The van der Waals surface area contributed by atoms with Gasteiger partial charge in [-0.1, -0.05) is 194 Å². The van der Waals surface area contributed by atoms with Crippen molar-refractivity contribution in [3.8, 4) is 39.1 Å². The molecule has 0 unspecified atom stereocenters. The molecule has 11 aromatic carbocycles. The minimum absolute atomic E-state index is 0.486. The molecule has 2 nitrogen and oxygen atoms in total. The second-order valence-electron chi connectivity index (χ2n) is 18.0. The number of aromatic nitrogens is 1. The van der Waals surface area contributed by atoms with E-state index in [1.54, 1.807) is 0 Å². The molecule has 14 rings (SSSR count). The molecular formula is C65H42N2S. The predicted molar refractivity (Wildman–Crippen MR) is 285 cm³/mol. The summed E-state index contributed by atoms with van der Waals surface area (Å²) in [6, 6.07) is 94.2. The third kappa shape index (κ3) is 5.73. The van der Waals surface area contributed by atoms with Crippen LogP contribution in [-0.4, -0.2) is 4.57 Å². The normalized spacial score (nSPS) is 13.1. The Bertz CT molecular complexity index is 3880. The lowest BCUT2D eigenvalue weighted by Crippen LogP contribution is -2.32. The summed E-state index contributed by atoms with van der Waals surface area (Å²) in [4.78, 5) is 5.06. The molecule has 0 amide bonds. The Morgan fingerprint density at radius 3 is 1.63 bits per heavy atom. The van der Waals surface area contributed by atoms with Crippen molar-refractivity contribution in [2.75, 3.05) is 4.90 Å². The van der Waals surface area contributed by atoms with E-state index in [1.165, 1.54) is 98.0 Å². The summed E-state index contributed by atoms with van der Waals surface area (Å²) in [6.07, 6.45) is 0. The lowest BCUT2D eigenvalue weighted by Gasteiger charge is -2.40. The van der Waals surface area contributed by atoms with E-state index in [-0.39, 0.29) is 0 Å². The quantitative estimate of drug-likeness (QED) is 0.164. The first-order valence-corrected chi connectivity index (χ1v) is 24.2. The molecule has 12 aromatic rings. The van der Waals surface area contributed by atoms with Gasteiger partial charge in [0, 0.05) is 37.6 Å². The zero-order valence-electron chi connectivity index (χ0n) is 37.1. The number of nitrogens with zero attached hydrogens (tertiary/aromatic N) is 2. The predicted octanol–water partition coefficient (Wildman–Crippen LogP) is 17.6. The zero-order chi connectivity index (χ0) is 44.8. The molecule has 1 aliphatic heterocycles. The van der Waals surface area contributed by atoms with E-state index in [0.717, 1.165) is 22.7 Å². The van der Waals surface area contributed by atoms with Gasteiger partial charge in [-0.25, -0.2) is 0 Å². The molecule has 3 heteroatoms. The molecule has 0 atom stereocenters. The summed E-state index contributed by atoms with van der Waals surface area (Å²) in [5.41, 5.74) is 19.1. The van der Waals surface area contributed by atoms with Gasteiger partial charge in [-0.15, -0.1) is 0 Å². The fraction of sp³-hybridized carbons (Fsp3) is 0.0154. The third-order valence-electron chi connectivity index (χ3n) is 14.4. The molecule has 0 radical (unpaired) electrons. The molecule has 68 heavy (non-hydrogen) atoms. The van der Waals surface area contributed by atoms with Crippen LogP contribution in [0.15, 0.2) is 265 Å². The number of hydrogen-bond acceptors (Lipinski definition) is 2. The monoisotopic (exact) mass is 882 g/mol. The van der Waals surface area contributed by atoms with Gasteiger partial charge in [0.25, 0.3) is 0 Å². The van der Waals surface area contributed by atoms with E-state index in [2.05, 4.69) is 264 Å². The highest BCUT2D eigenvalue weighted by atomic mass is 32.2. The second-order valence-corrected chi connectivity index (χ2v) is 19.1. The maximum atomic E-state index is 2.50. The van der Waals surface area contributed by atoms with Crippen LogP contribution in [0.1, 0.15) is 22.3 Å². The summed E-state index contributed by atoms with van der Waals surface area (Å²) in [6.45, 7) is 0. The Kier molecular flexibility index (Phi) is 8.77. The SMILES string of the molecule is c1ccc(-c2ccc(N(c3ccc(-c4ccc5c(c4)C4(c6ccccc6Sc6ccccc64)c4c-5ccc5ccccc45)cc3)c3cccc4c3c3ccccc3n4-c3ccccc3)cc2)cc1. The number of fused-ring (bicyclic) bond motifs is 14. The maximum Gasteiger partial charge on any atom is 0.0741 e. The molecule has 0 saturated heterocycles. The zero-order valence-corrected chi connectivity index (χ0v) is 37.9. The highest BCUT2D eigenvalue weighted by Crippen LogP contribution is 2.64. The lowest BCUT2D eigenvalue weighted by molar-refractivity contribution is 0.728. The smallest absolute Gasteiger partial charge is 0.0741 e. The third-order valence-corrected chi connectivity index (χ3v) is 15.6. The van der Waals surface area contributed by atoms with Crippen LogP contribution in [-0.2, 0) is 5.41 Å². The van der Waals surface area contributed by atoms with Gasteiger partial charge >= 0.3 is 0 Å². The number of para-hydroxylation sites is 2. The van der Waals surface area contributed by atoms with Gasteiger partial charge in [-0.3, -0.25) is 0 Å². The van der Waals surface area contributed by atoms with Crippen LogP contribution in [0.2, 0.25) is 0 Å². The van der Waals surface area contributed by atoms with Gasteiger partial charge in [-0.2, -0.15) is 0 Å². The van der Waals surface area contributed by atoms with Gasteiger partial charge in [0.05, 0.1) is 22.1 Å². The molecule has 0 bridgehead atoms. The van der Waals surface area contributed by atoms with Crippen molar-refractivity contribution >= 4 is 61.4 Å². The Labute approximate surface area is 400 Å². The molecule has 1 aromatic heterocycles. The highest BCUT2D eigenvalue weighted by molar-refractivity contribution is 7.99. The first-order chi connectivity index (χ1) is 33.7. The topological polar surface area (TPSA) is 8.17 Å². The largest absolute Gasteiger partial charge is 0.310 e. The maximum absolute atomic E-state index is 2.50. The number of anilines is 3. The molecule has 0 N–H and O–H groups in total. The Balaban J connectivity index is 0.953. The molecule has 1 aliphatic carbocycles. The van der Waals surface area contributed by atoms with E-state index in [9.17, 15) is 0 Å². The van der Waals surface area contributed by atoms with Crippen LogP contribution in [0.5, 0.6) is 0 Å². The van der Waals surface area contributed by atoms with E-state index in [4.69, 9.17) is 0 Å². The standard InChI is InChI=1S/C65H42N2S/c1-3-16-43(17-4-1)44-30-36-49(37-31-44)66(59-26-15-27-60-63(59)54-22-9-12-25-58(54)67(60)48-19-5-2-6-20-48)50-38-32-45(33-39-50)47-35-40-52-53-41-34-46-18-7-8-21-51(46)64(53)65(57(52)42-47)55-23-10-13-28-61(55)68-62-29-14-11-24-56(62)65/h1-42H. The average molecular weight is 883 g/mol. The number of benzene rings is 11. The van der Waals surface area contributed by atoms with Crippen LogP contribution in [0.4, 0.5) is 17.1 Å². The van der Waals surface area contributed by atoms with E-state index in [0.29, 0.717) is 0 Å². The van der Waals surface area contributed by atoms with Crippen molar-refractivity contribution in [3.63, 3.8) is 0 Å². The van der Waals surface area contributed by atoms with E-state index in [1.807, 2.05) is 11.8 Å². The van der Waals surface area contributed by atoms with Gasteiger partial charge in [0.1, 0.15) is 0 Å². The Hall–Kier alpha value is -8.37. The first kappa shape index (κ1) is 38.9. The fourth-order valence-corrected chi connectivity index (χ4v) is 12.8. The van der Waals surface area contributed by atoms with Crippen LogP contribution in [0.3, 0.4) is 0 Å².